The molecule has 10 nitrogen and oxygen atoms in total. The Kier molecular flexibility index (Phi) is 6.07. The van der Waals surface area contributed by atoms with Gasteiger partial charge in [-0.2, -0.15) is 0 Å². The normalized spacial score (nSPS) is 12.7. The van der Waals surface area contributed by atoms with E-state index in [-0.39, 0.29) is 0 Å². The molecule has 8 aromatic rings. The SMILES string of the molecule is NC(Cc1nc2ccccc2[nH]1)(Cc1nc2ccccc2[nH]1)C(N)(Cc1nc2ccccc2[nH]1)Cc1nc2ccccc2[nH]1. The first kappa shape index (κ1) is 26.3. The van der Waals surface area contributed by atoms with Gasteiger partial charge in [0.15, 0.2) is 0 Å². The highest BCUT2D eigenvalue weighted by atomic mass is 15.0. The summed E-state index contributed by atoms with van der Waals surface area (Å²) < 4.78 is 0. The van der Waals surface area contributed by atoms with Crippen LogP contribution in [0.25, 0.3) is 44.1 Å². The van der Waals surface area contributed by atoms with Gasteiger partial charge in [-0.05, 0) is 48.5 Å². The lowest BCUT2D eigenvalue weighted by molar-refractivity contribution is 0.199. The predicted molar refractivity (Wildman–Crippen MR) is 173 cm³/mol. The molecule has 0 fully saturated rings. The highest BCUT2D eigenvalue weighted by molar-refractivity contribution is 5.77. The van der Waals surface area contributed by atoms with Crippen LogP contribution in [0.2, 0.25) is 0 Å². The topological polar surface area (TPSA) is 167 Å². The smallest absolute Gasteiger partial charge is 0.109 e. The summed E-state index contributed by atoms with van der Waals surface area (Å²) in [4.78, 5) is 33.6. The van der Waals surface area contributed by atoms with Gasteiger partial charge in [0.2, 0.25) is 0 Å². The first-order valence-corrected chi connectivity index (χ1v) is 14.8. The van der Waals surface area contributed by atoms with Crippen LogP contribution in [0, 0.1) is 0 Å². The van der Waals surface area contributed by atoms with Crippen LogP contribution in [-0.4, -0.2) is 50.9 Å². The predicted octanol–water partition coefficient (Wildman–Crippen LogP) is 4.86. The number of rotatable bonds is 9. The summed E-state index contributed by atoms with van der Waals surface area (Å²) in [5.41, 5.74) is 20.5. The van der Waals surface area contributed by atoms with Gasteiger partial charge in [0, 0.05) is 36.8 Å². The van der Waals surface area contributed by atoms with Crippen molar-refractivity contribution in [3.63, 3.8) is 0 Å². The fraction of sp³-hybridized carbons (Fsp3) is 0.176. The number of benzene rings is 4. The average Bonchev–Trinajstić information content (AvgIpc) is 3.79. The highest BCUT2D eigenvalue weighted by Gasteiger charge is 2.48. The number of imidazole rings is 4. The summed E-state index contributed by atoms with van der Waals surface area (Å²) in [6, 6.07) is 31.9. The van der Waals surface area contributed by atoms with Crippen LogP contribution in [0.3, 0.4) is 0 Å². The standard InChI is InChI=1S/C34H32N10/c35-33(17-29-37-21-9-1-2-10-22(21)38-29,18-30-39-23-11-3-4-12-24(23)40-30)34(36,19-31-41-25-13-5-6-14-26(25)42-31)20-32-43-27-15-7-8-16-28(27)44-32/h1-16H,17-20,35-36H2,(H,37,38)(H,39,40)(H,41,42)(H,43,44). The van der Waals surface area contributed by atoms with Crippen LogP contribution in [0.4, 0.5) is 0 Å². The molecule has 10 heteroatoms. The number of nitrogens with one attached hydrogen (secondary N) is 4. The van der Waals surface area contributed by atoms with E-state index in [0.717, 1.165) is 67.4 Å². The van der Waals surface area contributed by atoms with Crippen molar-refractivity contribution in [3.05, 3.63) is 120 Å². The second-order valence-corrected chi connectivity index (χ2v) is 11.8. The van der Waals surface area contributed by atoms with Gasteiger partial charge in [0.1, 0.15) is 23.3 Å². The van der Waals surface area contributed by atoms with E-state index in [1.807, 2.05) is 97.1 Å². The monoisotopic (exact) mass is 580 g/mol. The number of fused-ring (bicyclic) bond motifs is 4. The summed E-state index contributed by atoms with van der Waals surface area (Å²) in [6.07, 6.45) is 1.48. The Morgan fingerprint density at radius 2 is 0.614 bits per heavy atom. The van der Waals surface area contributed by atoms with Gasteiger partial charge in [-0.1, -0.05) is 48.5 Å². The van der Waals surface area contributed by atoms with E-state index in [1.54, 1.807) is 0 Å². The molecule has 0 aliphatic rings. The van der Waals surface area contributed by atoms with E-state index in [1.165, 1.54) is 0 Å². The molecule has 0 saturated heterocycles. The maximum absolute atomic E-state index is 7.64. The zero-order chi connectivity index (χ0) is 29.7. The van der Waals surface area contributed by atoms with Gasteiger partial charge < -0.3 is 31.4 Å². The minimum absolute atomic E-state index is 0.371. The summed E-state index contributed by atoms with van der Waals surface area (Å²) >= 11 is 0. The molecule has 0 saturated carbocycles. The average molecular weight is 581 g/mol. The Morgan fingerprint density at radius 1 is 0.386 bits per heavy atom. The van der Waals surface area contributed by atoms with E-state index in [0.29, 0.717) is 25.7 Å². The molecule has 8 N–H and O–H groups in total. The van der Waals surface area contributed by atoms with Gasteiger partial charge in [-0.25, -0.2) is 19.9 Å². The molecule has 4 aromatic carbocycles. The first-order chi connectivity index (χ1) is 21.4. The second-order valence-electron chi connectivity index (χ2n) is 11.8. The van der Waals surface area contributed by atoms with E-state index in [9.17, 15) is 0 Å². The Morgan fingerprint density at radius 3 is 0.841 bits per heavy atom. The number of hydrogen-bond donors (Lipinski definition) is 6. The van der Waals surface area contributed by atoms with Crippen LogP contribution in [-0.2, 0) is 25.7 Å². The van der Waals surface area contributed by atoms with E-state index >= 15 is 0 Å². The number of nitrogens with zero attached hydrogens (tertiary/aromatic N) is 4. The largest absolute Gasteiger partial charge is 0.342 e. The maximum Gasteiger partial charge on any atom is 0.109 e. The number of nitrogens with two attached hydrogens (primary N) is 2. The maximum atomic E-state index is 7.64. The van der Waals surface area contributed by atoms with Gasteiger partial charge in [-0.15, -0.1) is 0 Å². The minimum atomic E-state index is -1.05. The van der Waals surface area contributed by atoms with Crippen molar-refractivity contribution in [3.8, 4) is 0 Å². The number of para-hydroxylation sites is 8. The Balaban J connectivity index is 1.27. The molecule has 8 rings (SSSR count). The first-order valence-electron chi connectivity index (χ1n) is 14.8. The van der Waals surface area contributed by atoms with Crippen molar-refractivity contribution in [1.82, 2.24) is 39.9 Å². The Bertz CT molecular complexity index is 1810. The van der Waals surface area contributed by atoms with Crippen LogP contribution < -0.4 is 11.5 Å². The molecule has 44 heavy (non-hydrogen) atoms. The summed E-state index contributed by atoms with van der Waals surface area (Å²) in [5.74, 6) is 3.03. The molecule has 0 atom stereocenters. The third kappa shape index (κ3) is 4.70. The Labute approximate surface area is 252 Å². The summed E-state index contributed by atoms with van der Waals surface area (Å²) in [7, 11) is 0. The molecule has 218 valence electrons. The van der Waals surface area contributed by atoms with Crippen LogP contribution in [0.15, 0.2) is 97.1 Å². The number of aromatic amines is 4. The highest BCUT2D eigenvalue weighted by Crippen LogP contribution is 2.33. The second kappa shape index (κ2) is 10.1. The van der Waals surface area contributed by atoms with E-state index < -0.39 is 11.1 Å². The molecule has 0 aliphatic heterocycles. The lowest BCUT2D eigenvalue weighted by atomic mass is 9.69. The lowest BCUT2D eigenvalue weighted by Gasteiger charge is -2.45. The molecule has 4 aromatic heterocycles. The molecule has 0 radical (unpaired) electrons. The fourth-order valence-electron chi connectivity index (χ4n) is 6.38. The van der Waals surface area contributed by atoms with Crippen LogP contribution >= 0.6 is 0 Å². The number of H-pyrrole nitrogens is 4. The van der Waals surface area contributed by atoms with Crippen LogP contribution in [0.5, 0.6) is 0 Å². The summed E-state index contributed by atoms with van der Waals surface area (Å²) in [6.45, 7) is 0. The van der Waals surface area contributed by atoms with Crippen LogP contribution in [0.1, 0.15) is 23.3 Å². The van der Waals surface area contributed by atoms with Gasteiger partial charge >= 0.3 is 0 Å². The van der Waals surface area contributed by atoms with Gasteiger partial charge in [0.25, 0.3) is 0 Å². The third-order valence-electron chi connectivity index (χ3n) is 8.68. The van der Waals surface area contributed by atoms with E-state index in [4.69, 9.17) is 31.4 Å². The zero-order valence-corrected chi connectivity index (χ0v) is 24.0. The third-order valence-corrected chi connectivity index (χ3v) is 8.68. The van der Waals surface area contributed by atoms with Crippen molar-refractivity contribution in [1.29, 1.82) is 0 Å². The molecular formula is C34H32N10. The molecule has 4 heterocycles. The molecule has 0 bridgehead atoms. The molecular weight excluding hydrogens is 548 g/mol. The van der Waals surface area contributed by atoms with Gasteiger partial charge in [-0.3, -0.25) is 0 Å². The molecule has 0 unspecified atom stereocenters. The minimum Gasteiger partial charge on any atom is -0.342 e. The molecule has 0 aliphatic carbocycles. The van der Waals surface area contributed by atoms with Crippen molar-refractivity contribution < 1.29 is 0 Å². The van der Waals surface area contributed by atoms with Crippen molar-refractivity contribution in [2.24, 2.45) is 11.5 Å². The lowest BCUT2D eigenvalue weighted by Crippen LogP contribution is -2.70. The number of hydrogen-bond acceptors (Lipinski definition) is 6. The van der Waals surface area contributed by atoms with Crippen molar-refractivity contribution in [2.75, 3.05) is 0 Å². The molecule has 0 amide bonds. The fourth-order valence-corrected chi connectivity index (χ4v) is 6.38. The van der Waals surface area contributed by atoms with Gasteiger partial charge in [0.05, 0.1) is 44.1 Å². The van der Waals surface area contributed by atoms with E-state index in [2.05, 4.69) is 19.9 Å². The quantitative estimate of drug-likeness (QED) is 0.143. The Hall–Kier alpha value is -5.32. The molecule has 0 spiro atoms. The van der Waals surface area contributed by atoms with Crippen molar-refractivity contribution in [2.45, 2.75) is 36.8 Å². The summed E-state index contributed by atoms with van der Waals surface area (Å²) in [5, 5.41) is 0. The van der Waals surface area contributed by atoms with Crippen molar-refractivity contribution >= 4 is 44.1 Å². The number of aromatic nitrogens is 8. The zero-order valence-electron chi connectivity index (χ0n) is 24.0.